The number of methoxy groups -OCH3 is 2. The van der Waals surface area contributed by atoms with Gasteiger partial charge in [0.25, 0.3) is 5.91 Å². The third-order valence-electron chi connectivity index (χ3n) is 3.35. The fourth-order valence-corrected chi connectivity index (χ4v) is 2.50. The predicted octanol–water partition coefficient (Wildman–Crippen LogP) is 3.39. The Hall–Kier alpha value is -2.54. The van der Waals surface area contributed by atoms with E-state index in [2.05, 4.69) is 26.5 Å². The molecule has 7 heteroatoms. The Morgan fingerprint density at radius 2 is 1.76 bits per heavy atom. The van der Waals surface area contributed by atoms with Gasteiger partial charge in [0.2, 0.25) is 0 Å². The topological polar surface area (TPSA) is 69.2 Å². The molecule has 132 valence electrons. The lowest BCUT2D eigenvalue weighted by atomic mass is 10.1. The molecule has 0 unspecified atom stereocenters. The zero-order valence-corrected chi connectivity index (χ0v) is 15.8. The largest absolute Gasteiger partial charge is 0.497 e. The number of halogens is 1. The van der Waals surface area contributed by atoms with E-state index in [1.54, 1.807) is 45.4 Å². The van der Waals surface area contributed by atoms with Gasteiger partial charge >= 0.3 is 0 Å². The molecule has 1 N–H and O–H groups in total. The number of carbonyl (C=O) groups excluding carboxylic acids is 1. The number of amides is 1. The van der Waals surface area contributed by atoms with E-state index in [0.717, 1.165) is 21.5 Å². The third kappa shape index (κ3) is 5.49. The first-order valence-electron chi connectivity index (χ1n) is 7.47. The summed E-state index contributed by atoms with van der Waals surface area (Å²) in [6.45, 7) is 1.67. The molecule has 1 amide bonds. The Morgan fingerprint density at radius 3 is 2.36 bits per heavy atom. The summed E-state index contributed by atoms with van der Waals surface area (Å²) in [6, 6.07) is 12.5. The Bertz CT molecular complexity index is 760. The van der Waals surface area contributed by atoms with E-state index >= 15 is 0 Å². The first kappa shape index (κ1) is 18.8. The van der Waals surface area contributed by atoms with Crippen LogP contribution in [-0.2, 0) is 4.79 Å². The van der Waals surface area contributed by atoms with Crippen molar-refractivity contribution in [1.29, 1.82) is 0 Å². The number of nitrogens with one attached hydrogen (secondary N) is 1. The fraction of sp³-hybridized carbons (Fsp3) is 0.222. The number of carbonyl (C=O) groups is 1. The van der Waals surface area contributed by atoms with Gasteiger partial charge in [-0.2, -0.15) is 5.10 Å². The molecule has 2 aromatic rings. The van der Waals surface area contributed by atoms with Crippen molar-refractivity contribution in [3.05, 3.63) is 52.5 Å². The van der Waals surface area contributed by atoms with Crippen molar-refractivity contribution < 1.29 is 19.0 Å². The molecule has 0 saturated carbocycles. The first-order valence-corrected chi connectivity index (χ1v) is 8.26. The zero-order valence-electron chi connectivity index (χ0n) is 14.2. The minimum absolute atomic E-state index is 0.130. The summed E-state index contributed by atoms with van der Waals surface area (Å²) in [4.78, 5) is 11.8. The number of benzene rings is 2. The zero-order chi connectivity index (χ0) is 18.2. The van der Waals surface area contributed by atoms with Crippen molar-refractivity contribution >= 4 is 27.5 Å². The van der Waals surface area contributed by atoms with Gasteiger partial charge in [0.15, 0.2) is 6.61 Å². The number of nitrogens with zero attached hydrogens (tertiary/aromatic N) is 1. The highest BCUT2D eigenvalue weighted by Crippen LogP contribution is 2.25. The molecule has 0 aliphatic carbocycles. The standard InChI is InChI=1S/C18H19BrN2O4/c1-12(13-4-9-17(24-3)16(19)10-13)20-21-18(22)11-25-15-7-5-14(23-2)6-8-15/h4-10H,11H2,1-3H3,(H,21,22)/b20-12-. The van der Waals surface area contributed by atoms with Crippen LogP contribution < -0.4 is 19.6 Å². The maximum atomic E-state index is 11.8. The average Bonchev–Trinajstić information content (AvgIpc) is 2.64. The summed E-state index contributed by atoms with van der Waals surface area (Å²) < 4.78 is 16.5. The molecule has 0 aromatic heterocycles. The van der Waals surface area contributed by atoms with E-state index in [1.165, 1.54) is 0 Å². The number of ether oxygens (including phenoxy) is 3. The minimum Gasteiger partial charge on any atom is -0.497 e. The van der Waals surface area contributed by atoms with Crippen LogP contribution in [0.1, 0.15) is 12.5 Å². The lowest BCUT2D eigenvalue weighted by Gasteiger charge is -2.08. The van der Waals surface area contributed by atoms with Gasteiger partial charge in [-0.05, 0) is 70.9 Å². The van der Waals surface area contributed by atoms with E-state index in [1.807, 2.05) is 18.2 Å². The maximum absolute atomic E-state index is 11.8. The first-order chi connectivity index (χ1) is 12.0. The average molecular weight is 407 g/mol. The van der Waals surface area contributed by atoms with E-state index in [9.17, 15) is 4.79 Å². The molecular formula is C18H19BrN2O4. The summed E-state index contributed by atoms with van der Waals surface area (Å²) in [5.41, 5.74) is 4.01. The number of hydrogen-bond donors (Lipinski definition) is 1. The summed E-state index contributed by atoms with van der Waals surface area (Å²) in [5.74, 6) is 1.69. The van der Waals surface area contributed by atoms with Crippen LogP contribution in [0.15, 0.2) is 52.0 Å². The smallest absolute Gasteiger partial charge is 0.277 e. The summed E-state index contributed by atoms with van der Waals surface area (Å²) in [7, 11) is 3.19. The molecule has 0 saturated heterocycles. The fourth-order valence-electron chi connectivity index (χ4n) is 1.96. The Balaban J connectivity index is 1.89. The molecule has 0 radical (unpaired) electrons. The maximum Gasteiger partial charge on any atom is 0.277 e. The Labute approximate surface area is 154 Å². The monoisotopic (exact) mass is 406 g/mol. The second-order valence-corrected chi connectivity index (χ2v) is 5.90. The molecule has 0 bridgehead atoms. The van der Waals surface area contributed by atoms with Crippen molar-refractivity contribution in [2.24, 2.45) is 5.10 Å². The van der Waals surface area contributed by atoms with Crippen LogP contribution in [0.2, 0.25) is 0 Å². The minimum atomic E-state index is -0.345. The molecule has 0 fully saturated rings. The normalized spacial score (nSPS) is 11.0. The van der Waals surface area contributed by atoms with Crippen molar-refractivity contribution in [2.45, 2.75) is 6.92 Å². The van der Waals surface area contributed by atoms with Gasteiger partial charge in [-0.25, -0.2) is 5.43 Å². The van der Waals surface area contributed by atoms with E-state index in [0.29, 0.717) is 11.5 Å². The van der Waals surface area contributed by atoms with Crippen LogP contribution in [0.25, 0.3) is 0 Å². The molecule has 0 aliphatic rings. The Kier molecular flexibility index (Phi) is 6.82. The van der Waals surface area contributed by atoms with Crippen LogP contribution in [-0.4, -0.2) is 32.4 Å². The van der Waals surface area contributed by atoms with E-state index in [4.69, 9.17) is 14.2 Å². The van der Waals surface area contributed by atoms with E-state index in [-0.39, 0.29) is 12.5 Å². The van der Waals surface area contributed by atoms with Crippen molar-refractivity contribution in [3.8, 4) is 17.2 Å². The van der Waals surface area contributed by atoms with Crippen molar-refractivity contribution in [1.82, 2.24) is 5.43 Å². The Morgan fingerprint density at radius 1 is 1.08 bits per heavy atom. The number of rotatable bonds is 7. The number of hydrogen-bond acceptors (Lipinski definition) is 5. The summed E-state index contributed by atoms with van der Waals surface area (Å²) >= 11 is 3.42. The van der Waals surface area contributed by atoms with Crippen LogP contribution >= 0.6 is 15.9 Å². The quantitative estimate of drug-likeness (QED) is 0.565. The third-order valence-corrected chi connectivity index (χ3v) is 3.97. The van der Waals surface area contributed by atoms with Crippen molar-refractivity contribution in [2.75, 3.05) is 20.8 Å². The highest BCUT2D eigenvalue weighted by Gasteiger charge is 2.06. The van der Waals surface area contributed by atoms with Gasteiger partial charge in [-0.15, -0.1) is 0 Å². The van der Waals surface area contributed by atoms with Crippen LogP contribution in [0.3, 0.4) is 0 Å². The highest BCUT2D eigenvalue weighted by molar-refractivity contribution is 9.10. The second-order valence-electron chi connectivity index (χ2n) is 5.05. The molecule has 0 spiro atoms. The second kappa shape index (κ2) is 9.08. The molecule has 0 atom stereocenters. The predicted molar refractivity (Wildman–Crippen MR) is 99.5 cm³/mol. The lowest BCUT2D eigenvalue weighted by Crippen LogP contribution is -2.25. The molecule has 0 heterocycles. The molecule has 2 aromatic carbocycles. The molecule has 0 aliphatic heterocycles. The SMILES string of the molecule is COc1ccc(OCC(=O)N/N=C(/C)c2ccc(OC)c(Br)c2)cc1. The van der Waals surface area contributed by atoms with Gasteiger partial charge in [0.1, 0.15) is 17.2 Å². The van der Waals surface area contributed by atoms with Crippen LogP contribution in [0, 0.1) is 0 Å². The van der Waals surface area contributed by atoms with Gasteiger partial charge in [-0.1, -0.05) is 0 Å². The van der Waals surface area contributed by atoms with Gasteiger partial charge in [-0.3, -0.25) is 4.79 Å². The molecule has 2 rings (SSSR count). The van der Waals surface area contributed by atoms with Crippen molar-refractivity contribution in [3.63, 3.8) is 0 Å². The summed E-state index contributed by atoms with van der Waals surface area (Å²) in [5, 5.41) is 4.09. The number of hydrazone groups is 1. The van der Waals surface area contributed by atoms with E-state index < -0.39 is 0 Å². The lowest BCUT2D eigenvalue weighted by molar-refractivity contribution is -0.123. The van der Waals surface area contributed by atoms with Crippen LogP contribution in [0.5, 0.6) is 17.2 Å². The molecular weight excluding hydrogens is 388 g/mol. The highest BCUT2D eigenvalue weighted by atomic mass is 79.9. The molecule has 6 nitrogen and oxygen atoms in total. The van der Waals surface area contributed by atoms with Gasteiger partial charge < -0.3 is 14.2 Å². The van der Waals surface area contributed by atoms with Crippen LogP contribution in [0.4, 0.5) is 0 Å². The van der Waals surface area contributed by atoms with Gasteiger partial charge in [0, 0.05) is 0 Å². The van der Waals surface area contributed by atoms with Gasteiger partial charge in [0.05, 0.1) is 24.4 Å². The summed E-state index contributed by atoms with van der Waals surface area (Å²) in [6.07, 6.45) is 0. The molecule has 25 heavy (non-hydrogen) atoms.